The van der Waals surface area contributed by atoms with E-state index >= 15 is 0 Å². The Morgan fingerprint density at radius 2 is 2.12 bits per heavy atom. The number of hydrogen-bond donors (Lipinski definition) is 2. The van der Waals surface area contributed by atoms with E-state index < -0.39 is 11.4 Å². The Morgan fingerprint density at radius 1 is 1.35 bits per heavy atom. The van der Waals surface area contributed by atoms with Gasteiger partial charge < -0.3 is 14.8 Å². The number of rotatable bonds is 6. The Bertz CT molecular complexity index is 963. The van der Waals surface area contributed by atoms with Crippen LogP contribution in [0.25, 0.3) is 22.2 Å². The molecule has 2 N–H and O–H groups in total. The number of carboxylic acid groups (broad SMARTS) is 1. The summed E-state index contributed by atoms with van der Waals surface area (Å²) in [7, 11) is 1.63. The molecule has 2 heterocycles. The maximum atomic E-state index is 11.7. The number of aromatic amines is 1. The predicted octanol–water partition coefficient (Wildman–Crippen LogP) is 4.79. The molecule has 5 nitrogen and oxygen atoms in total. The molecule has 0 saturated heterocycles. The van der Waals surface area contributed by atoms with Crippen LogP contribution in [0.4, 0.5) is 0 Å². The third-order valence-electron chi connectivity index (χ3n) is 4.51. The van der Waals surface area contributed by atoms with Crippen LogP contribution in [-0.4, -0.2) is 28.2 Å². The van der Waals surface area contributed by atoms with Crippen molar-refractivity contribution in [3.8, 4) is 11.3 Å². The number of benzene rings is 1. The second-order valence-corrected chi connectivity index (χ2v) is 7.88. The lowest BCUT2D eigenvalue weighted by atomic mass is 9.84. The quantitative estimate of drug-likeness (QED) is 0.605. The van der Waals surface area contributed by atoms with Gasteiger partial charge in [-0.05, 0) is 56.2 Å². The molecule has 0 aliphatic rings. The van der Waals surface area contributed by atoms with E-state index in [9.17, 15) is 9.90 Å². The van der Waals surface area contributed by atoms with E-state index in [1.807, 2.05) is 30.3 Å². The zero-order chi connectivity index (χ0) is 18.9. The van der Waals surface area contributed by atoms with Gasteiger partial charge in [0, 0.05) is 34.2 Å². The number of hydrogen-bond acceptors (Lipinski definition) is 3. The molecule has 2 aromatic heterocycles. The number of methoxy groups -OCH3 is 1. The van der Waals surface area contributed by atoms with Crippen LogP contribution in [0.5, 0.6) is 0 Å². The number of halogens is 1. The topological polar surface area (TPSA) is 75.2 Å². The molecule has 0 spiro atoms. The normalized spacial score (nSPS) is 11.8. The standard InChI is InChI=1S/C20H21BrN2O3/c1-20(2,19(24)25)10-15-14-9-12(21)6-7-16(14)23-18(15)13-5-4-8-22-17(13)11-26-3/h4-9,23H,10-11H2,1-3H3,(H,24,25). The summed E-state index contributed by atoms with van der Waals surface area (Å²) in [6.45, 7) is 3.88. The van der Waals surface area contributed by atoms with Crippen molar-refractivity contribution in [1.82, 2.24) is 9.97 Å². The van der Waals surface area contributed by atoms with E-state index in [0.717, 1.165) is 37.9 Å². The van der Waals surface area contributed by atoms with Crippen LogP contribution in [0.1, 0.15) is 25.1 Å². The smallest absolute Gasteiger partial charge is 0.309 e. The average molecular weight is 417 g/mol. The van der Waals surface area contributed by atoms with Crippen molar-refractivity contribution >= 4 is 32.8 Å². The fourth-order valence-electron chi connectivity index (χ4n) is 3.07. The molecule has 0 bridgehead atoms. The minimum absolute atomic E-state index is 0.386. The van der Waals surface area contributed by atoms with Gasteiger partial charge in [-0.2, -0.15) is 0 Å². The summed E-state index contributed by atoms with van der Waals surface area (Å²) in [5.74, 6) is -0.823. The number of nitrogens with zero attached hydrogens (tertiary/aromatic N) is 1. The summed E-state index contributed by atoms with van der Waals surface area (Å²) >= 11 is 3.52. The fourth-order valence-corrected chi connectivity index (χ4v) is 3.43. The number of aromatic nitrogens is 2. The Labute approximate surface area is 160 Å². The van der Waals surface area contributed by atoms with Gasteiger partial charge in [-0.3, -0.25) is 9.78 Å². The molecule has 0 amide bonds. The lowest BCUT2D eigenvalue weighted by molar-refractivity contribution is -0.146. The Morgan fingerprint density at radius 3 is 2.81 bits per heavy atom. The van der Waals surface area contributed by atoms with Crippen LogP contribution in [0.15, 0.2) is 41.0 Å². The molecule has 0 radical (unpaired) electrons. The molecule has 26 heavy (non-hydrogen) atoms. The molecule has 0 unspecified atom stereocenters. The minimum atomic E-state index is -0.893. The van der Waals surface area contributed by atoms with E-state index in [1.165, 1.54) is 0 Å². The van der Waals surface area contributed by atoms with Crippen molar-refractivity contribution in [1.29, 1.82) is 0 Å². The largest absolute Gasteiger partial charge is 0.481 e. The van der Waals surface area contributed by atoms with Crippen LogP contribution < -0.4 is 0 Å². The Balaban J connectivity index is 2.25. The highest BCUT2D eigenvalue weighted by atomic mass is 79.9. The van der Waals surface area contributed by atoms with E-state index in [-0.39, 0.29) is 0 Å². The number of carboxylic acids is 1. The number of carbonyl (C=O) groups is 1. The summed E-state index contributed by atoms with van der Waals surface area (Å²) in [6, 6.07) is 9.84. The summed E-state index contributed by atoms with van der Waals surface area (Å²) in [6.07, 6.45) is 2.13. The maximum absolute atomic E-state index is 11.7. The van der Waals surface area contributed by atoms with E-state index in [4.69, 9.17) is 4.74 Å². The first kappa shape index (κ1) is 18.6. The average Bonchev–Trinajstić information content (AvgIpc) is 2.93. The van der Waals surface area contributed by atoms with E-state index in [0.29, 0.717) is 13.0 Å². The predicted molar refractivity (Wildman–Crippen MR) is 105 cm³/mol. The van der Waals surface area contributed by atoms with Gasteiger partial charge in [0.25, 0.3) is 0 Å². The lowest BCUT2D eigenvalue weighted by Crippen LogP contribution is -2.26. The van der Waals surface area contributed by atoms with Gasteiger partial charge in [-0.25, -0.2) is 0 Å². The van der Waals surface area contributed by atoms with Crippen molar-refractivity contribution in [2.75, 3.05) is 7.11 Å². The molecule has 3 rings (SSSR count). The molecule has 136 valence electrons. The molecular formula is C20H21BrN2O3. The highest BCUT2D eigenvalue weighted by molar-refractivity contribution is 9.10. The maximum Gasteiger partial charge on any atom is 0.309 e. The molecule has 0 fully saturated rings. The van der Waals surface area contributed by atoms with Gasteiger partial charge in [0.2, 0.25) is 0 Å². The first-order valence-corrected chi connectivity index (χ1v) is 9.09. The Hall–Kier alpha value is -2.18. The third kappa shape index (κ3) is 3.52. The van der Waals surface area contributed by atoms with Crippen LogP contribution in [0, 0.1) is 5.41 Å². The zero-order valence-electron chi connectivity index (χ0n) is 15.0. The van der Waals surface area contributed by atoms with Crippen LogP contribution in [0.2, 0.25) is 0 Å². The van der Waals surface area contributed by atoms with Crippen LogP contribution >= 0.6 is 15.9 Å². The zero-order valence-corrected chi connectivity index (χ0v) is 16.6. The van der Waals surface area contributed by atoms with Gasteiger partial charge >= 0.3 is 5.97 Å². The molecule has 0 saturated carbocycles. The first-order chi connectivity index (χ1) is 12.3. The van der Waals surface area contributed by atoms with Gasteiger partial charge in [-0.1, -0.05) is 15.9 Å². The second kappa shape index (κ2) is 7.21. The fraction of sp³-hybridized carbons (Fsp3) is 0.300. The third-order valence-corrected chi connectivity index (χ3v) is 5.00. The van der Waals surface area contributed by atoms with Gasteiger partial charge in [-0.15, -0.1) is 0 Å². The highest BCUT2D eigenvalue weighted by Gasteiger charge is 2.30. The van der Waals surface area contributed by atoms with Gasteiger partial charge in [0.15, 0.2) is 0 Å². The number of aliphatic carboxylic acids is 1. The van der Waals surface area contributed by atoms with Crippen molar-refractivity contribution in [2.24, 2.45) is 5.41 Å². The minimum Gasteiger partial charge on any atom is -0.481 e. The van der Waals surface area contributed by atoms with Gasteiger partial charge in [0.05, 0.1) is 23.4 Å². The number of ether oxygens (including phenoxy) is 1. The number of nitrogens with one attached hydrogen (secondary N) is 1. The second-order valence-electron chi connectivity index (χ2n) is 6.96. The summed E-state index contributed by atoms with van der Waals surface area (Å²) < 4.78 is 6.24. The Kier molecular flexibility index (Phi) is 5.16. The molecule has 0 aliphatic heterocycles. The van der Waals surface area contributed by atoms with Crippen LogP contribution in [0.3, 0.4) is 0 Å². The van der Waals surface area contributed by atoms with Crippen molar-refractivity contribution < 1.29 is 14.6 Å². The number of fused-ring (bicyclic) bond motifs is 1. The first-order valence-electron chi connectivity index (χ1n) is 8.30. The molecule has 6 heteroatoms. The van der Waals surface area contributed by atoms with E-state index in [1.54, 1.807) is 27.2 Å². The molecular weight excluding hydrogens is 396 g/mol. The summed E-state index contributed by atoms with van der Waals surface area (Å²) in [5, 5.41) is 10.6. The number of H-pyrrole nitrogens is 1. The molecule has 3 aromatic rings. The van der Waals surface area contributed by atoms with Crippen molar-refractivity contribution in [3.63, 3.8) is 0 Å². The highest BCUT2D eigenvalue weighted by Crippen LogP contribution is 2.37. The summed E-state index contributed by atoms with van der Waals surface area (Å²) in [4.78, 5) is 19.6. The lowest BCUT2D eigenvalue weighted by Gasteiger charge is -2.20. The van der Waals surface area contributed by atoms with Crippen molar-refractivity contribution in [2.45, 2.75) is 26.9 Å². The molecule has 0 atom stereocenters. The van der Waals surface area contributed by atoms with Gasteiger partial charge in [0.1, 0.15) is 0 Å². The monoisotopic (exact) mass is 416 g/mol. The van der Waals surface area contributed by atoms with Crippen LogP contribution in [-0.2, 0) is 22.6 Å². The number of pyridine rings is 1. The van der Waals surface area contributed by atoms with Crippen molar-refractivity contribution in [3.05, 3.63) is 52.3 Å². The SMILES string of the molecule is COCc1ncccc1-c1[nH]c2ccc(Br)cc2c1CC(C)(C)C(=O)O. The molecule has 0 aliphatic carbocycles. The molecule has 1 aromatic carbocycles. The van der Waals surface area contributed by atoms with E-state index in [2.05, 4.69) is 25.9 Å². The summed E-state index contributed by atoms with van der Waals surface area (Å²) in [5.41, 5.74) is 3.68.